The van der Waals surface area contributed by atoms with Crippen LogP contribution in [0, 0.1) is 6.92 Å². The van der Waals surface area contributed by atoms with Crippen molar-refractivity contribution in [3.05, 3.63) is 70.5 Å². The van der Waals surface area contributed by atoms with Crippen LogP contribution >= 0.6 is 0 Å². The van der Waals surface area contributed by atoms with Gasteiger partial charge in [-0.15, -0.1) is 0 Å². The van der Waals surface area contributed by atoms with Gasteiger partial charge in [-0.25, -0.2) is 0 Å². The summed E-state index contributed by atoms with van der Waals surface area (Å²) in [6, 6.07) is 11.1. The molecule has 134 valence electrons. The minimum absolute atomic E-state index is 0.123. The summed E-state index contributed by atoms with van der Waals surface area (Å²) in [5, 5.41) is 0. The molecule has 0 saturated carbocycles. The summed E-state index contributed by atoms with van der Waals surface area (Å²) < 4.78 is 16.9. The quantitative estimate of drug-likeness (QED) is 0.564. The van der Waals surface area contributed by atoms with E-state index in [9.17, 15) is 4.79 Å². The summed E-state index contributed by atoms with van der Waals surface area (Å²) in [7, 11) is 1.61. The van der Waals surface area contributed by atoms with Crippen molar-refractivity contribution < 1.29 is 19.0 Å². The van der Waals surface area contributed by atoms with Crippen LogP contribution in [0.15, 0.2) is 53.8 Å². The van der Waals surface area contributed by atoms with Gasteiger partial charge >= 0.3 is 0 Å². The van der Waals surface area contributed by atoms with E-state index in [1.807, 2.05) is 57.2 Å². The Morgan fingerprint density at radius 1 is 1.19 bits per heavy atom. The lowest BCUT2D eigenvalue weighted by molar-refractivity contribution is 0.101. The SMILES string of the molecule is COc1cccc(/C=C2\Oc3c(ccc(OCC=C(C)C)c3C)C2=O)c1. The molecule has 1 aliphatic rings. The Hall–Kier alpha value is -3.01. The summed E-state index contributed by atoms with van der Waals surface area (Å²) in [4.78, 5) is 12.6. The van der Waals surface area contributed by atoms with E-state index in [1.54, 1.807) is 19.3 Å². The monoisotopic (exact) mass is 350 g/mol. The van der Waals surface area contributed by atoms with E-state index in [0.29, 0.717) is 23.7 Å². The van der Waals surface area contributed by atoms with Crippen LogP contribution in [0.1, 0.15) is 35.3 Å². The van der Waals surface area contributed by atoms with Crippen molar-refractivity contribution in [2.75, 3.05) is 13.7 Å². The standard InChI is InChI=1S/C22H22O4/c1-14(2)10-11-25-19-9-8-18-21(23)20(26-22(18)15(19)3)13-16-6-5-7-17(12-16)24-4/h5-10,12-13H,11H2,1-4H3/b20-13-. The van der Waals surface area contributed by atoms with Gasteiger partial charge in [-0.05, 0) is 62.8 Å². The summed E-state index contributed by atoms with van der Waals surface area (Å²) in [5.41, 5.74) is 3.43. The van der Waals surface area contributed by atoms with Gasteiger partial charge in [-0.2, -0.15) is 0 Å². The molecule has 4 nitrogen and oxygen atoms in total. The van der Waals surface area contributed by atoms with Crippen molar-refractivity contribution in [1.29, 1.82) is 0 Å². The van der Waals surface area contributed by atoms with Crippen LogP contribution in [0.4, 0.5) is 0 Å². The number of carbonyl (C=O) groups excluding carboxylic acids is 1. The molecule has 4 heteroatoms. The highest BCUT2D eigenvalue weighted by Crippen LogP contribution is 2.39. The van der Waals surface area contributed by atoms with Crippen LogP contribution in [0.2, 0.25) is 0 Å². The zero-order valence-corrected chi connectivity index (χ0v) is 15.5. The number of benzene rings is 2. The molecule has 0 radical (unpaired) electrons. The maximum absolute atomic E-state index is 12.6. The fraction of sp³-hybridized carbons (Fsp3) is 0.227. The molecule has 0 amide bonds. The number of methoxy groups -OCH3 is 1. The number of ketones is 1. The van der Waals surface area contributed by atoms with E-state index in [0.717, 1.165) is 22.6 Å². The maximum Gasteiger partial charge on any atom is 0.231 e. The number of ether oxygens (including phenoxy) is 3. The van der Waals surface area contributed by atoms with Crippen molar-refractivity contribution in [1.82, 2.24) is 0 Å². The first-order chi connectivity index (χ1) is 12.5. The van der Waals surface area contributed by atoms with Crippen molar-refractivity contribution in [3.8, 4) is 17.2 Å². The third-order valence-electron chi connectivity index (χ3n) is 4.16. The maximum atomic E-state index is 12.6. The van der Waals surface area contributed by atoms with Crippen LogP contribution in [-0.2, 0) is 0 Å². The lowest BCUT2D eigenvalue weighted by Crippen LogP contribution is -1.98. The van der Waals surface area contributed by atoms with Crippen molar-refractivity contribution in [2.24, 2.45) is 0 Å². The van der Waals surface area contributed by atoms with Crippen molar-refractivity contribution >= 4 is 11.9 Å². The molecular formula is C22H22O4. The van der Waals surface area contributed by atoms with E-state index < -0.39 is 0 Å². The molecule has 2 aromatic rings. The molecule has 0 unspecified atom stereocenters. The predicted octanol–water partition coefficient (Wildman–Crippen LogP) is 4.96. The van der Waals surface area contributed by atoms with Gasteiger partial charge in [-0.3, -0.25) is 4.79 Å². The van der Waals surface area contributed by atoms with E-state index in [4.69, 9.17) is 14.2 Å². The van der Waals surface area contributed by atoms with Gasteiger partial charge in [0.05, 0.1) is 12.7 Å². The number of hydrogen-bond donors (Lipinski definition) is 0. The molecule has 0 saturated heterocycles. The normalized spacial score (nSPS) is 14.0. The molecule has 0 N–H and O–H groups in total. The second-order valence-electron chi connectivity index (χ2n) is 6.37. The molecule has 1 aliphatic heterocycles. The minimum Gasteiger partial charge on any atom is -0.497 e. The smallest absolute Gasteiger partial charge is 0.231 e. The zero-order valence-electron chi connectivity index (χ0n) is 15.5. The molecule has 0 aliphatic carbocycles. The third kappa shape index (κ3) is 3.64. The number of Topliss-reactive ketones (excluding diaryl/α,β-unsaturated/α-hetero) is 1. The van der Waals surface area contributed by atoms with Crippen molar-refractivity contribution in [2.45, 2.75) is 20.8 Å². The predicted molar refractivity (Wildman–Crippen MR) is 102 cm³/mol. The first-order valence-electron chi connectivity index (χ1n) is 8.47. The molecular weight excluding hydrogens is 328 g/mol. The second-order valence-corrected chi connectivity index (χ2v) is 6.37. The molecule has 3 rings (SSSR count). The Labute approximate surface area is 153 Å². The Morgan fingerprint density at radius 2 is 2.00 bits per heavy atom. The highest BCUT2D eigenvalue weighted by Gasteiger charge is 2.30. The van der Waals surface area contributed by atoms with Gasteiger partial charge in [0.1, 0.15) is 23.9 Å². The van der Waals surface area contributed by atoms with Crippen LogP contribution in [0.5, 0.6) is 17.2 Å². The fourth-order valence-corrected chi connectivity index (χ4v) is 2.71. The van der Waals surface area contributed by atoms with Crippen LogP contribution < -0.4 is 14.2 Å². The third-order valence-corrected chi connectivity index (χ3v) is 4.16. The highest BCUT2D eigenvalue weighted by atomic mass is 16.5. The molecule has 0 aromatic heterocycles. The number of hydrogen-bond acceptors (Lipinski definition) is 4. The Balaban J connectivity index is 1.87. The first-order valence-corrected chi connectivity index (χ1v) is 8.47. The van der Waals surface area contributed by atoms with Crippen LogP contribution in [-0.4, -0.2) is 19.5 Å². The lowest BCUT2D eigenvalue weighted by Gasteiger charge is -2.10. The lowest BCUT2D eigenvalue weighted by atomic mass is 10.1. The Morgan fingerprint density at radius 3 is 2.73 bits per heavy atom. The number of carbonyl (C=O) groups is 1. The van der Waals surface area contributed by atoms with Gasteiger partial charge in [0.2, 0.25) is 5.78 Å². The van der Waals surface area contributed by atoms with E-state index in [1.165, 1.54) is 5.57 Å². The van der Waals surface area contributed by atoms with E-state index in [2.05, 4.69) is 0 Å². The van der Waals surface area contributed by atoms with Crippen LogP contribution in [0.25, 0.3) is 6.08 Å². The van der Waals surface area contributed by atoms with Crippen molar-refractivity contribution in [3.63, 3.8) is 0 Å². The van der Waals surface area contributed by atoms with Gasteiger partial charge in [-0.1, -0.05) is 17.7 Å². The highest BCUT2D eigenvalue weighted by molar-refractivity contribution is 6.15. The first kappa shape index (κ1) is 17.8. The number of rotatable bonds is 5. The van der Waals surface area contributed by atoms with Gasteiger partial charge < -0.3 is 14.2 Å². The number of fused-ring (bicyclic) bond motifs is 1. The summed E-state index contributed by atoms with van der Waals surface area (Å²) >= 11 is 0. The van der Waals surface area contributed by atoms with E-state index >= 15 is 0 Å². The molecule has 2 aromatic carbocycles. The average molecular weight is 350 g/mol. The molecule has 0 atom stereocenters. The topological polar surface area (TPSA) is 44.8 Å². The zero-order chi connectivity index (χ0) is 18.7. The van der Waals surface area contributed by atoms with Gasteiger partial charge in [0.25, 0.3) is 0 Å². The second kappa shape index (κ2) is 7.48. The summed E-state index contributed by atoms with van der Waals surface area (Å²) in [5.74, 6) is 2.20. The molecule has 0 bridgehead atoms. The molecule has 0 spiro atoms. The Bertz CT molecular complexity index is 902. The summed E-state index contributed by atoms with van der Waals surface area (Å²) in [6.45, 7) is 6.44. The molecule has 1 heterocycles. The van der Waals surface area contributed by atoms with Gasteiger partial charge in [0, 0.05) is 5.56 Å². The van der Waals surface area contributed by atoms with Crippen LogP contribution in [0.3, 0.4) is 0 Å². The largest absolute Gasteiger partial charge is 0.497 e. The number of allylic oxidation sites excluding steroid dienone is 2. The summed E-state index contributed by atoms with van der Waals surface area (Å²) in [6.07, 6.45) is 3.74. The van der Waals surface area contributed by atoms with Gasteiger partial charge in [0.15, 0.2) is 5.76 Å². The minimum atomic E-state index is -0.123. The van der Waals surface area contributed by atoms with E-state index in [-0.39, 0.29) is 5.78 Å². The average Bonchev–Trinajstić information content (AvgIpc) is 2.94. The fourth-order valence-electron chi connectivity index (χ4n) is 2.71. The molecule has 0 fully saturated rings. The Kier molecular flexibility index (Phi) is 5.12. The molecule has 26 heavy (non-hydrogen) atoms.